The molecule has 0 aliphatic carbocycles. The smallest absolute Gasteiger partial charge is 0.286 e. The first-order chi connectivity index (χ1) is 10.7. The highest BCUT2D eigenvalue weighted by atomic mass is 16.5. The Kier molecular flexibility index (Phi) is 5.02. The van der Waals surface area contributed by atoms with Crippen LogP contribution < -0.4 is 20.3 Å². The first-order valence-electron chi connectivity index (χ1n) is 6.70. The SMILES string of the molecule is CCOc1cc(C(=O)NNC(=O)c2ccc[nH]2)ccc1OC. The van der Waals surface area contributed by atoms with Crippen LogP contribution in [0.3, 0.4) is 0 Å². The minimum Gasteiger partial charge on any atom is -0.493 e. The molecule has 2 amide bonds. The van der Waals surface area contributed by atoms with Gasteiger partial charge in [0.15, 0.2) is 11.5 Å². The van der Waals surface area contributed by atoms with Gasteiger partial charge in [0.05, 0.1) is 13.7 Å². The second-order valence-corrected chi connectivity index (χ2v) is 4.29. The molecule has 0 saturated carbocycles. The van der Waals surface area contributed by atoms with Crippen LogP contribution in [0.25, 0.3) is 0 Å². The molecule has 2 rings (SSSR count). The van der Waals surface area contributed by atoms with Crippen LogP contribution in [0.4, 0.5) is 0 Å². The Morgan fingerprint density at radius 2 is 1.91 bits per heavy atom. The third-order valence-corrected chi connectivity index (χ3v) is 2.86. The Morgan fingerprint density at radius 1 is 1.14 bits per heavy atom. The Labute approximate surface area is 127 Å². The number of ether oxygens (including phenoxy) is 2. The summed E-state index contributed by atoms with van der Waals surface area (Å²) in [5.41, 5.74) is 5.36. The molecule has 0 atom stereocenters. The van der Waals surface area contributed by atoms with Crippen molar-refractivity contribution >= 4 is 11.8 Å². The van der Waals surface area contributed by atoms with E-state index >= 15 is 0 Å². The molecule has 1 aromatic carbocycles. The normalized spacial score (nSPS) is 9.91. The summed E-state index contributed by atoms with van der Waals surface area (Å²) in [6.45, 7) is 2.29. The quantitative estimate of drug-likeness (QED) is 0.730. The Bertz CT molecular complexity index is 653. The van der Waals surface area contributed by atoms with Crippen molar-refractivity contribution in [3.05, 3.63) is 47.8 Å². The highest BCUT2D eigenvalue weighted by molar-refractivity contribution is 5.98. The largest absolute Gasteiger partial charge is 0.493 e. The number of carbonyl (C=O) groups is 2. The van der Waals surface area contributed by atoms with Gasteiger partial charge in [0.1, 0.15) is 5.69 Å². The van der Waals surface area contributed by atoms with Gasteiger partial charge in [0.2, 0.25) is 0 Å². The summed E-state index contributed by atoms with van der Waals surface area (Å²) in [6.07, 6.45) is 1.62. The van der Waals surface area contributed by atoms with Crippen molar-refractivity contribution in [2.24, 2.45) is 0 Å². The van der Waals surface area contributed by atoms with Crippen molar-refractivity contribution in [1.82, 2.24) is 15.8 Å². The molecule has 3 N–H and O–H groups in total. The maximum absolute atomic E-state index is 12.0. The molecule has 0 radical (unpaired) electrons. The second-order valence-electron chi connectivity index (χ2n) is 4.29. The first-order valence-corrected chi connectivity index (χ1v) is 6.70. The van der Waals surface area contributed by atoms with Crippen molar-refractivity contribution < 1.29 is 19.1 Å². The molecule has 22 heavy (non-hydrogen) atoms. The van der Waals surface area contributed by atoms with Crippen LogP contribution in [0.5, 0.6) is 11.5 Å². The minimum absolute atomic E-state index is 0.344. The zero-order valence-electron chi connectivity index (χ0n) is 12.3. The summed E-state index contributed by atoms with van der Waals surface area (Å²) in [6, 6.07) is 8.05. The van der Waals surface area contributed by atoms with Crippen LogP contribution in [0, 0.1) is 0 Å². The summed E-state index contributed by atoms with van der Waals surface area (Å²) in [7, 11) is 1.52. The molecule has 0 fully saturated rings. The van der Waals surface area contributed by atoms with Crippen molar-refractivity contribution in [2.75, 3.05) is 13.7 Å². The van der Waals surface area contributed by atoms with E-state index in [1.54, 1.807) is 36.5 Å². The number of hydrogen-bond donors (Lipinski definition) is 3. The molecule has 0 unspecified atom stereocenters. The van der Waals surface area contributed by atoms with Gasteiger partial charge in [-0.3, -0.25) is 20.4 Å². The maximum Gasteiger partial charge on any atom is 0.286 e. The molecule has 2 aromatic rings. The molecule has 7 heteroatoms. The average molecular weight is 303 g/mol. The number of benzene rings is 1. The number of aromatic nitrogens is 1. The molecule has 116 valence electrons. The van der Waals surface area contributed by atoms with E-state index in [1.807, 2.05) is 6.92 Å². The maximum atomic E-state index is 12.0. The van der Waals surface area contributed by atoms with Crippen molar-refractivity contribution in [2.45, 2.75) is 6.92 Å². The third-order valence-electron chi connectivity index (χ3n) is 2.86. The number of amides is 2. The van der Waals surface area contributed by atoms with Crippen molar-refractivity contribution in [3.8, 4) is 11.5 Å². The van der Waals surface area contributed by atoms with E-state index in [4.69, 9.17) is 9.47 Å². The van der Waals surface area contributed by atoms with E-state index in [0.29, 0.717) is 29.4 Å². The van der Waals surface area contributed by atoms with Gasteiger partial charge < -0.3 is 14.5 Å². The van der Waals surface area contributed by atoms with Crippen LogP contribution >= 0.6 is 0 Å². The second kappa shape index (κ2) is 7.16. The van der Waals surface area contributed by atoms with E-state index in [-0.39, 0.29) is 0 Å². The topological polar surface area (TPSA) is 92.5 Å². The monoisotopic (exact) mass is 303 g/mol. The molecule has 0 spiro atoms. The molecule has 1 aromatic heterocycles. The lowest BCUT2D eigenvalue weighted by atomic mass is 10.2. The molecule has 0 saturated heterocycles. The lowest BCUT2D eigenvalue weighted by Gasteiger charge is -2.11. The number of hydrazine groups is 1. The van der Waals surface area contributed by atoms with Gasteiger partial charge in [0, 0.05) is 11.8 Å². The van der Waals surface area contributed by atoms with Gasteiger partial charge in [0.25, 0.3) is 11.8 Å². The van der Waals surface area contributed by atoms with E-state index in [1.165, 1.54) is 7.11 Å². The van der Waals surface area contributed by atoms with E-state index < -0.39 is 11.8 Å². The molecule has 7 nitrogen and oxygen atoms in total. The number of methoxy groups -OCH3 is 1. The summed E-state index contributed by atoms with van der Waals surface area (Å²) >= 11 is 0. The predicted octanol–water partition coefficient (Wildman–Crippen LogP) is 1.50. The number of carbonyl (C=O) groups excluding carboxylic acids is 2. The molecule has 1 heterocycles. The molecule has 0 bridgehead atoms. The van der Waals surface area contributed by atoms with Gasteiger partial charge in [-0.1, -0.05) is 0 Å². The van der Waals surface area contributed by atoms with Crippen LogP contribution in [0.1, 0.15) is 27.8 Å². The van der Waals surface area contributed by atoms with Crippen molar-refractivity contribution in [3.63, 3.8) is 0 Å². The molecular weight excluding hydrogens is 286 g/mol. The first kappa shape index (κ1) is 15.4. The van der Waals surface area contributed by atoms with Gasteiger partial charge in [-0.15, -0.1) is 0 Å². The zero-order valence-corrected chi connectivity index (χ0v) is 12.3. The number of H-pyrrole nitrogens is 1. The fraction of sp³-hybridized carbons (Fsp3) is 0.200. The van der Waals surface area contributed by atoms with Crippen LogP contribution in [-0.4, -0.2) is 30.5 Å². The predicted molar refractivity (Wildman–Crippen MR) is 79.9 cm³/mol. The molecular formula is C15H17N3O4. The fourth-order valence-electron chi connectivity index (χ4n) is 1.81. The lowest BCUT2D eigenvalue weighted by Crippen LogP contribution is -2.41. The molecule has 0 aliphatic heterocycles. The number of aromatic amines is 1. The zero-order chi connectivity index (χ0) is 15.9. The van der Waals surface area contributed by atoms with Crippen LogP contribution in [0.2, 0.25) is 0 Å². The summed E-state index contributed by atoms with van der Waals surface area (Å²) in [5.74, 6) is 0.113. The summed E-state index contributed by atoms with van der Waals surface area (Å²) in [5, 5.41) is 0. The van der Waals surface area contributed by atoms with Gasteiger partial charge in [-0.2, -0.15) is 0 Å². The Balaban J connectivity index is 2.03. The van der Waals surface area contributed by atoms with E-state index in [9.17, 15) is 9.59 Å². The van der Waals surface area contributed by atoms with Crippen LogP contribution in [-0.2, 0) is 0 Å². The minimum atomic E-state index is -0.455. The van der Waals surface area contributed by atoms with Crippen molar-refractivity contribution in [1.29, 1.82) is 0 Å². The van der Waals surface area contributed by atoms with Gasteiger partial charge in [-0.05, 0) is 37.3 Å². The van der Waals surface area contributed by atoms with Gasteiger partial charge in [-0.25, -0.2) is 0 Å². The van der Waals surface area contributed by atoms with Crippen LogP contribution in [0.15, 0.2) is 36.5 Å². The highest BCUT2D eigenvalue weighted by Crippen LogP contribution is 2.27. The summed E-state index contributed by atoms with van der Waals surface area (Å²) in [4.78, 5) is 26.5. The number of hydrogen-bond acceptors (Lipinski definition) is 4. The lowest BCUT2D eigenvalue weighted by molar-refractivity contribution is 0.0844. The standard InChI is InChI=1S/C15H17N3O4/c1-3-22-13-9-10(6-7-12(13)21-2)14(19)17-18-15(20)11-5-4-8-16-11/h4-9,16H,3H2,1-2H3,(H,17,19)(H,18,20). The Hall–Kier alpha value is -2.96. The number of rotatable bonds is 5. The third kappa shape index (κ3) is 3.57. The Morgan fingerprint density at radius 3 is 2.55 bits per heavy atom. The average Bonchev–Trinajstić information content (AvgIpc) is 3.07. The fourth-order valence-corrected chi connectivity index (χ4v) is 1.81. The van der Waals surface area contributed by atoms with Gasteiger partial charge >= 0.3 is 0 Å². The number of nitrogens with one attached hydrogen (secondary N) is 3. The molecule has 0 aliphatic rings. The highest BCUT2D eigenvalue weighted by Gasteiger charge is 2.12. The van der Waals surface area contributed by atoms with E-state index in [2.05, 4.69) is 15.8 Å². The van der Waals surface area contributed by atoms with E-state index in [0.717, 1.165) is 0 Å². The summed E-state index contributed by atoms with van der Waals surface area (Å²) < 4.78 is 10.6.